The lowest BCUT2D eigenvalue weighted by atomic mass is 9.70. The number of halogens is 1. The van der Waals surface area contributed by atoms with Crippen molar-refractivity contribution in [1.82, 2.24) is 0 Å². The third-order valence-corrected chi connectivity index (χ3v) is 4.47. The lowest BCUT2D eigenvalue weighted by Gasteiger charge is -2.39. The Kier molecular flexibility index (Phi) is 5.43. The van der Waals surface area contributed by atoms with Crippen molar-refractivity contribution >= 4 is 0 Å². The van der Waals surface area contributed by atoms with E-state index < -0.39 is 5.67 Å². The fourth-order valence-electron chi connectivity index (χ4n) is 3.46. The molecule has 0 fully saturated rings. The van der Waals surface area contributed by atoms with Crippen LogP contribution in [0.25, 0.3) is 0 Å². The second-order valence-corrected chi connectivity index (χ2v) is 6.83. The van der Waals surface area contributed by atoms with Gasteiger partial charge in [0, 0.05) is 0 Å². The van der Waals surface area contributed by atoms with Crippen LogP contribution in [0.3, 0.4) is 0 Å². The van der Waals surface area contributed by atoms with Gasteiger partial charge in [-0.1, -0.05) is 53.5 Å². The third kappa shape index (κ3) is 3.16. The molecule has 1 rings (SSSR count). The molecule has 1 aliphatic rings. The minimum absolute atomic E-state index is 0.0850. The summed E-state index contributed by atoms with van der Waals surface area (Å²) in [6.07, 6.45) is 5.27. The van der Waals surface area contributed by atoms with E-state index in [9.17, 15) is 0 Å². The van der Waals surface area contributed by atoms with E-state index in [1.165, 1.54) is 18.4 Å². The second kappa shape index (κ2) is 6.21. The van der Waals surface area contributed by atoms with Crippen LogP contribution in [0.1, 0.15) is 73.6 Å². The van der Waals surface area contributed by atoms with E-state index >= 15 is 4.39 Å². The first-order valence-electron chi connectivity index (χ1n) is 7.73. The highest BCUT2D eigenvalue weighted by Gasteiger charge is 2.41. The standard InChI is InChI=1S/C17H31F/c1-12(2)15-10-8-7-9-11-17(18,14(5)6)16(15)13(3)4/h12-14H,7-11H2,1-6H3/b16-15+. The van der Waals surface area contributed by atoms with Gasteiger partial charge in [0.25, 0.3) is 0 Å². The first-order chi connectivity index (χ1) is 8.30. The van der Waals surface area contributed by atoms with Gasteiger partial charge in [-0.05, 0) is 49.0 Å². The Morgan fingerprint density at radius 2 is 1.50 bits per heavy atom. The van der Waals surface area contributed by atoms with Crippen molar-refractivity contribution in [2.75, 3.05) is 0 Å². The molecule has 0 bridgehead atoms. The Morgan fingerprint density at radius 1 is 0.889 bits per heavy atom. The molecule has 0 nitrogen and oxygen atoms in total. The first kappa shape index (κ1) is 15.7. The van der Waals surface area contributed by atoms with E-state index in [4.69, 9.17) is 0 Å². The average molecular weight is 254 g/mol. The molecule has 1 heteroatoms. The lowest BCUT2D eigenvalue weighted by molar-refractivity contribution is 0.111. The van der Waals surface area contributed by atoms with Gasteiger partial charge in [0.1, 0.15) is 5.67 Å². The minimum atomic E-state index is -1.08. The van der Waals surface area contributed by atoms with Gasteiger partial charge in [-0.2, -0.15) is 0 Å². The summed E-state index contributed by atoms with van der Waals surface area (Å²) >= 11 is 0. The maximum atomic E-state index is 15.6. The van der Waals surface area contributed by atoms with Crippen molar-refractivity contribution in [3.8, 4) is 0 Å². The molecule has 0 saturated heterocycles. The summed E-state index contributed by atoms with van der Waals surface area (Å²) in [5, 5.41) is 0. The lowest BCUT2D eigenvalue weighted by Crippen LogP contribution is -2.37. The zero-order valence-corrected chi connectivity index (χ0v) is 13.1. The molecule has 0 aromatic rings. The van der Waals surface area contributed by atoms with E-state index in [0.717, 1.165) is 18.4 Å². The summed E-state index contributed by atoms with van der Waals surface area (Å²) in [6, 6.07) is 0. The van der Waals surface area contributed by atoms with Gasteiger partial charge in [-0.3, -0.25) is 0 Å². The molecule has 18 heavy (non-hydrogen) atoms. The number of alkyl halides is 1. The third-order valence-electron chi connectivity index (χ3n) is 4.47. The Morgan fingerprint density at radius 3 is 1.94 bits per heavy atom. The molecular weight excluding hydrogens is 223 g/mol. The van der Waals surface area contributed by atoms with Gasteiger partial charge in [0.15, 0.2) is 0 Å². The van der Waals surface area contributed by atoms with Crippen LogP contribution in [0.2, 0.25) is 0 Å². The summed E-state index contributed by atoms with van der Waals surface area (Å²) < 4.78 is 15.6. The number of allylic oxidation sites excluding steroid dienone is 2. The molecule has 0 aromatic heterocycles. The summed E-state index contributed by atoms with van der Waals surface area (Å²) in [5.74, 6) is 0.893. The molecule has 0 saturated carbocycles. The molecule has 0 spiro atoms. The van der Waals surface area contributed by atoms with Crippen LogP contribution in [0.4, 0.5) is 4.39 Å². The van der Waals surface area contributed by atoms with E-state index in [-0.39, 0.29) is 5.92 Å². The van der Waals surface area contributed by atoms with Crippen molar-refractivity contribution in [2.24, 2.45) is 17.8 Å². The number of hydrogen-bond acceptors (Lipinski definition) is 0. The van der Waals surface area contributed by atoms with Crippen molar-refractivity contribution in [3.05, 3.63) is 11.1 Å². The monoisotopic (exact) mass is 254 g/mol. The van der Waals surface area contributed by atoms with Gasteiger partial charge >= 0.3 is 0 Å². The zero-order chi connectivity index (χ0) is 13.9. The van der Waals surface area contributed by atoms with E-state index in [1.54, 1.807) is 0 Å². The van der Waals surface area contributed by atoms with Gasteiger partial charge in [0.2, 0.25) is 0 Å². The molecule has 0 heterocycles. The SMILES string of the molecule is CC(C)/C1=C(\C(C)C)C(F)(C(C)C)CCCCC1. The fourth-order valence-corrected chi connectivity index (χ4v) is 3.46. The van der Waals surface area contributed by atoms with Crippen molar-refractivity contribution in [3.63, 3.8) is 0 Å². The predicted molar refractivity (Wildman–Crippen MR) is 78.5 cm³/mol. The summed E-state index contributed by atoms with van der Waals surface area (Å²) in [5.41, 5.74) is 1.46. The maximum Gasteiger partial charge on any atom is 0.134 e. The maximum absolute atomic E-state index is 15.6. The summed E-state index contributed by atoms with van der Waals surface area (Å²) in [7, 11) is 0. The van der Waals surface area contributed by atoms with Gasteiger partial charge in [-0.15, -0.1) is 0 Å². The molecular formula is C17H31F. The largest absolute Gasteiger partial charge is 0.239 e. The van der Waals surface area contributed by atoms with Crippen LogP contribution in [-0.4, -0.2) is 5.67 Å². The molecule has 1 unspecified atom stereocenters. The smallest absolute Gasteiger partial charge is 0.134 e. The molecule has 1 aliphatic carbocycles. The molecule has 0 amide bonds. The normalized spacial score (nSPS) is 31.0. The molecule has 106 valence electrons. The van der Waals surface area contributed by atoms with Crippen molar-refractivity contribution < 1.29 is 4.39 Å². The Labute approximate surface area is 113 Å². The highest BCUT2D eigenvalue weighted by molar-refractivity contribution is 5.29. The van der Waals surface area contributed by atoms with Crippen LogP contribution in [0, 0.1) is 17.8 Å². The highest BCUT2D eigenvalue weighted by Crippen LogP contribution is 2.44. The van der Waals surface area contributed by atoms with Gasteiger partial charge in [0.05, 0.1) is 0 Å². The van der Waals surface area contributed by atoms with Crippen LogP contribution in [-0.2, 0) is 0 Å². The predicted octanol–water partition coefficient (Wildman–Crippen LogP) is 5.92. The number of rotatable bonds is 3. The molecule has 0 aliphatic heterocycles. The average Bonchev–Trinajstić information content (AvgIpc) is 2.22. The van der Waals surface area contributed by atoms with E-state index in [1.807, 2.05) is 13.8 Å². The summed E-state index contributed by atoms with van der Waals surface area (Å²) in [4.78, 5) is 0. The number of hydrogen-bond donors (Lipinski definition) is 0. The second-order valence-electron chi connectivity index (χ2n) is 6.83. The van der Waals surface area contributed by atoms with Gasteiger partial charge in [-0.25, -0.2) is 4.39 Å². The molecule has 0 N–H and O–H groups in total. The van der Waals surface area contributed by atoms with Crippen molar-refractivity contribution in [1.29, 1.82) is 0 Å². The van der Waals surface area contributed by atoms with Crippen LogP contribution < -0.4 is 0 Å². The van der Waals surface area contributed by atoms with E-state index in [2.05, 4.69) is 27.7 Å². The molecule has 0 radical (unpaired) electrons. The Balaban J connectivity index is 3.34. The molecule has 1 atom stereocenters. The fraction of sp³-hybridized carbons (Fsp3) is 0.882. The minimum Gasteiger partial charge on any atom is -0.239 e. The quantitative estimate of drug-likeness (QED) is 0.548. The topological polar surface area (TPSA) is 0 Å². The first-order valence-corrected chi connectivity index (χ1v) is 7.73. The van der Waals surface area contributed by atoms with Gasteiger partial charge < -0.3 is 0 Å². The highest BCUT2D eigenvalue weighted by atomic mass is 19.1. The Hall–Kier alpha value is -0.330. The Bertz CT molecular complexity index is 299. The van der Waals surface area contributed by atoms with Crippen LogP contribution in [0.15, 0.2) is 11.1 Å². The summed E-state index contributed by atoms with van der Waals surface area (Å²) in [6.45, 7) is 12.9. The molecule has 0 aromatic carbocycles. The van der Waals surface area contributed by atoms with Crippen molar-refractivity contribution in [2.45, 2.75) is 79.3 Å². The van der Waals surface area contributed by atoms with E-state index in [0.29, 0.717) is 18.3 Å². The van der Waals surface area contributed by atoms with Crippen LogP contribution in [0.5, 0.6) is 0 Å². The zero-order valence-electron chi connectivity index (χ0n) is 13.1. The van der Waals surface area contributed by atoms with Crippen LogP contribution >= 0.6 is 0 Å².